The van der Waals surface area contributed by atoms with Crippen LogP contribution in [-0.4, -0.2) is 16.4 Å². The molecule has 112 valence electrons. The highest BCUT2D eigenvalue weighted by Gasteiger charge is 2.13. The van der Waals surface area contributed by atoms with Gasteiger partial charge in [0.05, 0.1) is 29.7 Å². The lowest BCUT2D eigenvalue weighted by Crippen LogP contribution is -2.21. The van der Waals surface area contributed by atoms with E-state index in [0.717, 1.165) is 11.4 Å². The van der Waals surface area contributed by atoms with Crippen LogP contribution in [0, 0.1) is 0 Å². The largest absolute Gasteiger partial charge is 0.288 e. The molecule has 0 fully saturated rings. The molecule has 0 spiro atoms. The molecule has 21 heavy (non-hydrogen) atoms. The van der Waals surface area contributed by atoms with E-state index in [1.165, 1.54) is 6.20 Å². The molecule has 0 N–H and O–H groups in total. The smallest absolute Gasteiger partial charge is 0.206 e. The van der Waals surface area contributed by atoms with Gasteiger partial charge in [-0.2, -0.15) is 5.10 Å². The van der Waals surface area contributed by atoms with E-state index >= 15 is 0 Å². The molecule has 0 aliphatic carbocycles. The average Bonchev–Trinajstić information content (AvgIpc) is 2.50. The molecular formula is C15H17ClN2O3. The van der Waals surface area contributed by atoms with Crippen LogP contribution in [0.5, 0.6) is 0 Å². The monoisotopic (exact) mass is 308 g/mol. The molecule has 1 aromatic carbocycles. The fourth-order valence-electron chi connectivity index (χ4n) is 2.03. The molecule has 5 nitrogen and oxygen atoms in total. The van der Waals surface area contributed by atoms with Crippen LogP contribution in [0.3, 0.4) is 0 Å². The van der Waals surface area contributed by atoms with Gasteiger partial charge in [-0.15, -0.1) is 0 Å². The summed E-state index contributed by atoms with van der Waals surface area (Å²) in [7, 11) is 0. The van der Waals surface area contributed by atoms with Crippen LogP contribution in [0.15, 0.2) is 35.3 Å². The molecule has 0 saturated heterocycles. The summed E-state index contributed by atoms with van der Waals surface area (Å²) in [4.78, 5) is 21.9. The van der Waals surface area contributed by atoms with Gasteiger partial charge >= 0.3 is 0 Å². The second kappa shape index (κ2) is 7.36. The summed E-state index contributed by atoms with van der Waals surface area (Å²) in [5, 5.41) is 4.85. The van der Waals surface area contributed by atoms with Crippen LogP contribution in [-0.2, 0) is 22.8 Å². The van der Waals surface area contributed by atoms with Gasteiger partial charge in [0.2, 0.25) is 5.43 Å². The van der Waals surface area contributed by atoms with Gasteiger partial charge in [0, 0.05) is 5.02 Å². The SMILES string of the molecule is CCOOCc1c(CC)n(-c2ccc(Cl)cc2)ncc1=O. The van der Waals surface area contributed by atoms with Crippen molar-refractivity contribution in [3.8, 4) is 5.69 Å². The minimum atomic E-state index is -0.156. The summed E-state index contributed by atoms with van der Waals surface area (Å²) in [6, 6.07) is 7.28. The van der Waals surface area contributed by atoms with E-state index in [9.17, 15) is 4.79 Å². The van der Waals surface area contributed by atoms with Crippen LogP contribution in [0.1, 0.15) is 25.1 Å². The van der Waals surface area contributed by atoms with Gasteiger partial charge in [-0.05, 0) is 37.6 Å². The molecular weight excluding hydrogens is 292 g/mol. The fraction of sp³-hybridized carbons (Fsp3) is 0.333. The van der Waals surface area contributed by atoms with Gasteiger partial charge < -0.3 is 0 Å². The maximum atomic E-state index is 12.0. The fourth-order valence-corrected chi connectivity index (χ4v) is 2.16. The maximum absolute atomic E-state index is 12.0. The summed E-state index contributed by atoms with van der Waals surface area (Å²) >= 11 is 5.90. The van der Waals surface area contributed by atoms with Crippen molar-refractivity contribution in [3.63, 3.8) is 0 Å². The summed E-state index contributed by atoms with van der Waals surface area (Å²) in [6.07, 6.45) is 1.94. The highest BCUT2D eigenvalue weighted by Crippen LogP contribution is 2.16. The van der Waals surface area contributed by atoms with Crippen LogP contribution >= 0.6 is 11.6 Å². The third kappa shape index (κ3) is 3.69. The van der Waals surface area contributed by atoms with Crippen molar-refractivity contribution < 1.29 is 9.78 Å². The Morgan fingerprint density at radius 2 is 1.90 bits per heavy atom. The number of hydrogen-bond donors (Lipinski definition) is 0. The average molecular weight is 309 g/mol. The molecule has 0 aliphatic rings. The third-order valence-corrected chi connectivity index (χ3v) is 3.25. The Labute approximate surface area is 128 Å². The standard InChI is InChI=1S/C15H17ClN2O3/c1-3-14-13(10-21-20-4-2)15(19)9-17-18(14)12-7-5-11(16)6-8-12/h5-9H,3-4,10H2,1-2H3. The van der Waals surface area contributed by atoms with Gasteiger partial charge in [0.1, 0.15) is 6.61 Å². The van der Waals surface area contributed by atoms with Gasteiger partial charge in [-0.3, -0.25) is 4.79 Å². The first kappa shape index (κ1) is 15.7. The van der Waals surface area contributed by atoms with Gasteiger partial charge in [-0.1, -0.05) is 18.5 Å². The predicted octanol–water partition coefficient (Wildman–Crippen LogP) is 2.92. The van der Waals surface area contributed by atoms with E-state index in [2.05, 4.69) is 5.10 Å². The minimum absolute atomic E-state index is 0.103. The van der Waals surface area contributed by atoms with E-state index < -0.39 is 0 Å². The predicted molar refractivity (Wildman–Crippen MR) is 80.6 cm³/mol. The van der Waals surface area contributed by atoms with E-state index in [1.807, 2.05) is 26.0 Å². The molecule has 0 atom stereocenters. The lowest BCUT2D eigenvalue weighted by Gasteiger charge is -2.14. The molecule has 6 heteroatoms. The highest BCUT2D eigenvalue weighted by molar-refractivity contribution is 6.30. The Kier molecular flexibility index (Phi) is 5.50. The highest BCUT2D eigenvalue weighted by atomic mass is 35.5. The number of benzene rings is 1. The van der Waals surface area contributed by atoms with Crippen molar-refractivity contribution in [2.75, 3.05) is 6.61 Å². The van der Waals surface area contributed by atoms with E-state index in [1.54, 1.807) is 16.8 Å². The number of nitrogens with zero attached hydrogens (tertiary/aromatic N) is 2. The second-order valence-electron chi connectivity index (χ2n) is 4.34. The van der Waals surface area contributed by atoms with E-state index in [0.29, 0.717) is 23.6 Å². The molecule has 0 amide bonds. The third-order valence-electron chi connectivity index (χ3n) is 3.00. The van der Waals surface area contributed by atoms with Crippen molar-refractivity contribution in [3.05, 3.63) is 57.0 Å². The Morgan fingerprint density at radius 1 is 1.19 bits per heavy atom. The molecule has 2 aromatic rings. The Bertz CT molecular complexity index is 653. The summed E-state index contributed by atoms with van der Waals surface area (Å²) in [6.45, 7) is 4.32. The maximum Gasteiger partial charge on any atom is 0.206 e. The molecule has 1 heterocycles. The molecule has 1 aromatic heterocycles. The minimum Gasteiger partial charge on any atom is -0.288 e. The van der Waals surface area contributed by atoms with Crippen molar-refractivity contribution in [2.24, 2.45) is 0 Å². The quantitative estimate of drug-likeness (QED) is 0.468. The Morgan fingerprint density at radius 3 is 2.52 bits per heavy atom. The normalized spacial score (nSPS) is 10.8. The van der Waals surface area contributed by atoms with Crippen molar-refractivity contribution >= 4 is 11.6 Å². The lowest BCUT2D eigenvalue weighted by atomic mass is 10.1. The van der Waals surface area contributed by atoms with Crippen LogP contribution in [0.2, 0.25) is 5.02 Å². The number of rotatable bonds is 6. The van der Waals surface area contributed by atoms with Gasteiger partial charge in [0.25, 0.3) is 0 Å². The van der Waals surface area contributed by atoms with Gasteiger partial charge in [0.15, 0.2) is 0 Å². The van der Waals surface area contributed by atoms with Crippen LogP contribution < -0.4 is 5.43 Å². The number of aromatic nitrogens is 2. The molecule has 0 bridgehead atoms. The first-order valence-electron chi connectivity index (χ1n) is 6.77. The van der Waals surface area contributed by atoms with Gasteiger partial charge in [-0.25, -0.2) is 14.5 Å². The van der Waals surface area contributed by atoms with Crippen molar-refractivity contribution in [2.45, 2.75) is 26.9 Å². The molecule has 0 unspecified atom stereocenters. The number of halogens is 1. The zero-order chi connectivity index (χ0) is 15.2. The molecule has 0 radical (unpaired) electrons. The summed E-state index contributed by atoms with van der Waals surface area (Å²) in [5.74, 6) is 0. The zero-order valence-electron chi connectivity index (χ0n) is 12.0. The topological polar surface area (TPSA) is 53.4 Å². The van der Waals surface area contributed by atoms with Crippen molar-refractivity contribution in [1.82, 2.24) is 9.78 Å². The van der Waals surface area contributed by atoms with E-state index in [4.69, 9.17) is 21.4 Å². The molecule has 2 rings (SSSR count). The Hall–Kier alpha value is -1.69. The van der Waals surface area contributed by atoms with Crippen LogP contribution in [0.25, 0.3) is 5.69 Å². The summed E-state index contributed by atoms with van der Waals surface area (Å²) < 4.78 is 1.72. The lowest BCUT2D eigenvalue weighted by molar-refractivity contribution is -0.300. The van der Waals surface area contributed by atoms with E-state index in [-0.39, 0.29) is 12.0 Å². The molecule has 0 saturated carbocycles. The van der Waals surface area contributed by atoms with Crippen LogP contribution in [0.4, 0.5) is 0 Å². The first-order chi connectivity index (χ1) is 10.2. The number of hydrogen-bond acceptors (Lipinski definition) is 4. The Balaban J connectivity index is 2.44. The second-order valence-corrected chi connectivity index (χ2v) is 4.78. The molecule has 0 aliphatic heterocycles. The van der Waals surface area contributed by atoms with Crippen molar-refractivity contribution in [1.29, 1.82) is 0 Å². The first-order valence-corrected chi connectivity index (χ1v) is 7.15. The zero-order valence-corrected chi connectivity index (χ0v) is 12.8. The summed E-state index contributed by atoms with van der Waals surface area (Å²) in [5.41, 5.74) is 2.03.